The van der Waals surface area contributed by atoms with Crippen LogP contribution in [0.2, 0.25) is 10.0 Å². The maximum absolute atomic E-state index is 13.6. The Balaban J connectivity index is 2.12. The zero-order chi connectivity index (χ0) is 17.4. The molecule has 1 saturated heterocycles. The van der Waals surface area contributed by atoms with Gasteiger partial charge in [-0.15, -0.1) is 0 Å². The number of amidine groups is 1. The van der Waals surface area contributed by atoms with E-state index >= 15 is 0 Å². The summed E-state index contributed by atoms with van der Waals surface area (Å²) in [4.78, 5) is 25.9. The monoisotopic (exact) mass is 389 g/mol. The number of carbonyl (C=O) groups excluding carboxylic acids is 2. The first-order valence-corrected chi connectivity index (χ1v) is 7.21. The number of anilines is 1. The molecule has 0 saturated carbocycles. The van der Waals surface area contributed by atoms with Gasteiger partial charge in [-0.1, -0.05) is 23.2 Å². The fourth-order valence-corrected chi connectivity index (χ4v) is 2.53. The Morgan fingerprint density at radius 2 is 1.96 bits per heavy atom. The van der Waals surface area contributed by atoms with Crippen LogP contribution in [0.15, 0.2) is 23.2 Å². The Hall–Kier alpha value is -1.52. The molecule has 12 heteroatoms. The van der Waals surface area contributed by atoms with Gasteiger partial charge in [-0.2, -0.15) is 18.2 Å². The Morgan fingerprint density at radius 3 is 2.48 bits per heavy atom. The fourth-order valence-electron chi connectivity index (χ4n) is 1.44. The molecule has 0 radical (unpaired) electrons. The van der Waals surface area contributed by atoms with Gasteiger partial charge >= 0.3 is 17.2 Å². The van der Waals surface area contributed by atoms with Crippen LogP contribution in [0.25, 0.3) is 0 Å². The molecule has 3 amide bonds. The van der Waals surface area contributed by atoms with E-state index in [0.717, 1.165) is 0 Å². The van der Waals surface area contributed by atoms with Gasteiger partial charge in [0.15, 0.2) is 5.17 Å². The van der Waals surface area contributed by atoms with Crippen LogP contribution in [0.3, 0.4) is 0 Å². The second kappa shape index (κ2) is 6.17. The summed E-state index contributed by atoms with van der Waals surface area (Å²) < 4.78 is 51.1. The number of halogens is 6. The molecule has 1 aliphatic heterocycles. The summed E-state index contributed by atoms with van der Waals surface area (Å²) in [6, 6.07) is 2.88. The van der Waals surface area contributed by atoms with Gasteiger partial charge in [0.1, 0.15) is 0 Å². The van der Waals surface area contributed by atoms with E-state index in [0.29, 0.717) is 0 Å². The number of hydrogen-bond donors (Lipinski definition) is 2. The van der Waals surface area contributed by atoms with Crippen molar-refractivity contribution in [2.24, 2.45) is 4.99 Å². The SMILES string of the molecule is O=C(N=C1NC(=O)[C@](F)(C(F)(F)F)S1)Nc1ccc(Cl)c(Cl)c1. The van der Waals surface area contributed by atoms with Crippen molar-refractivity contribution >= 4 is 57.8 Å². The summed E-state index contributed by atoms with van der Waals surface area (Å²) in [6.45, 7) is 0. The average molecular weight is 390 g/mol. The Morgan fingerprint density at radius 1 is 1.30 bits per heavy atom. The highest BCUT2D eigenvalue weighted by atomic mass is 35.5. The minimum atomic E-state index is -5.45. The number of thioether (sulfide) groups is 1. The molecule has 1 aliphatic rings. The summed E-state index contributed by atoms with van der Waals surface area (Å²) in [7, 11) is 0. The van der Waals surface area contributed by atoms with Gasteiger partial charge in [0.2, 0.25) is 0 Å². The van der Waals surface area contributed by atoms with E-state index in [1.807, 2.05) is 0 Å². The number of carbonyl (C=O) groups is 2. The summed E-state index contributed by atoms with van der Waals surface area (Å²) >= 11 is 10.9. The highest BCUT2D eigenvalue weighted by Crippen LogP contribution is 2.46. The van der Waals surface area contributed by atoms with Gasteiger partial charge in [-0.05, 0) is 30.0 Å². The first-order valence-electron chi connectivity index (χ1n) is 5.64. The molecular formula is C11H5Cl2F4N3O2S. The van der Waals surface area contributed by atoms with Crippen LogP contribution in [-0.4, -0.2) is 28.3 Å². The van der Waals surface area contributed by atoms with E-state index in [9.17, 15) is 27.2 Å². The predicted molar refractivity (Wildman–Crippen MR) is 78.5 cm³/mol. The third-order valence-corrected chi connectivity index (χ3v) is 4.31. The van der Waals surface area contributed by atoms with E-state index in [1.165, 1.54) is 18.2 Å². The number of rotatable bonds is 1. The molecule has 1 heterocycles. The van der Waals surface area contributed by atoms with Crippen LogP contribution in [0.4, 0.5) is 28.0 Å². The molecule has 2 N–H and O–H groups in total. The van der Waals surface area contributed by atoms with Crippen LogP contribution in [0.1, 0.15) is 0 Å². The zero-order valence-corrected chi connectivity index (χ0v) is 13.0. The van der Waals surface area contributed by atoms with E-state index in [2.05, 4.69) is 10.3 Å². The van der Waals surface area contributed by atoms with Gasteiger partial charge in [0.25, 0.3) is 5.91 Å². The summed E-state index contributed by atoms with van der Waals surface area (Å²) in [5.74, 6) is -1.95. The predicted octanol–water partition coefficient (Wildman–Crippen LogP) is 3.97. The lowest BCUT2D eigenvalue weighted by atomic mass is 10.3. The highest BCUT2D eigenvalue weighted by molar-refractivity contribution is 8.16. The van der Waals surface area contributed by atoms with Crippen molar-refractivity contribution in [1.82, 2.24) is 5.32 Å². The van der Waals surface area contributed by atoms with Crippen LogP contribution in [-0.2, 0) is 4.79 Å². The molecule has 1 aromatic rings. The Kier molecular flexibility index (Phi) is 4.79. The molecule has 5 nitrogen and oxygen atoms in total. The quantitative estimate of drug-likeness (QED) is 0.713. The van der Waals surface area contributed by atoms with Crippen molar-refractivity contribution in [3.63, 3.8) is 0 Å². The molecule has 2 rings (SSSR count). The van der Waals surface area contributed by atoms with Crippen LogP contribution >= 0.6 is 35.0 Å². The fraction of sp³-hybridized carbons (Fsp3) is 0.182. The van der Waals surface area contributed by atoms with Gasteiger partial charge in [-0.3, -0.25) is 4.79 Å². The molecule has 0 aromatic heterocycles. The van der Waals surface area contributed by atoms with Crippen molar-refractivity contribution < 1.29 is 27.2 Å². The van der Waals surface area contributed by atoms with Crippen LogP contribution in [0.5, 0.6) is 0 Å². The maximum Gasteiger partial charge on any atom is 0.442 e. The molecule has 0 unspecified atom stereocenters. The number of nitrogens with zero attached hydrogens (tertiary/aromatic N) is 1. The van der Waals surface area contributed by atoms with E-state index < -0.39 is 40.0 Å². The van der Waals surface area contributed by atoms with E-state index in [4.69, 9.17) is 23.2 Å². The average Bonchev–Trinajstić information content (AvgIpc) is 2.69. The second-order valence-electron chi connectivity index (χ2n) is 4.13. The van der Waals surface area contributed by atoms with Crippen molar-refractivity contribution in [2.75, 3.05) is 5.32 Å². The molecule has 1 fully saturated rings. The van der Waals surface area contributed by atoms with Crippen LogP contribution in [0, 0.1) is 0 Å². The molecule has 0 aliphatic carbocycles. The topological polar surface area (TPSA) is 70.6 Å². The minimum absolute atomic E-state index is 0.125. The lowest BCUT2D eigenvalue weighted by Gasteiger charge is -2.17. The standard InChI is InChI=1S/C11H5Cl2F4N3O2S/c12-5-2-1-4(3-6(5)13)18-8(22)20-9-19-7(21)10(14,23-9)11(15,16)17/h1-3H,(H2,18,19,20,21,22)/t10-/m1/s1. The van der Waals surface area contributed by atoms with E-state index in [-0.39, 0.29) is 15.7 Å². The smallest absolute Gasteiger partial charge is 0.306 e. The van der Waals surface area contributed by atoms with Gasteiger partial charge in [0, 0.05) is 5.69 Å². The summed E-state index contributed by atoms with van der Waals surface area (Å²) in [5.41, 5.74) is 0.158. The molecule has 0 bridgehead atoms. The first kappa shape index (κ1) is 17.8. The number of urea groups is 1. The molecule has 0 spiro atoms. The summed E-state index contributed by atoms with van der Waals surface area (Å²) in [6.07, 6.45) is -5.45. The molecule has 124 valence electrons. The number of amides is 3. The Labute approximate surface area is 140 Å². The first-order chi connectivity index (χ1) is 10.5. The van der Waals surface area contributed by atoms with Crippen molar-refractivity contribution in [1.29, 1.82) is 0 Å². The molecular weight excluding hydrogens is 385 g/mol. The highest BCUT2D eigenvalue weighted by Gasteiger charge is 2.67. The number of nitrogens with one attached hydrogen (secondary N) is 2. The van der Waals surface area contributed by atoms with Crippen molar-refractivity contribution in [3.8, 4) is 0 Å². The zero-order valence-electron chi connectivity index (χ0n) is 10.7. The number of benzene rings is 1. The molecule has 1 aromatic carbocycles. The number of hydrogen-bond acceptors (Lipinski definition) is 3. The second-order valence-corrected chi connectivity index (χ2v) is 6.09. The van der Waals surface area contributed by atoms with Gasteiger partial charge in [0.05, 0.1) is 10.0 Å². The normalized spacial score (nSPS) is 23.0. The third-order valence-electron chi connectivity index (χ3n) is 2.49. The minimum Gasteiger partial charge on any atom is -0.306 e. The Bertz CT molecular complexity index is 713. The summed E-state index contributed by atoms with van der Waals surface area (Å²) in [5, 5.41) is -0.909. The van der Waals surface area contributed by atoms with Gasteiger partial charge < -0.3 is 10.6 Å². The van der Waals surface area contributed by atoms with Crippen molar-refractivity contribution in [3.05, 3.63) is 28.2 Å². The van der Waals surface area contributed by atoms with Crippen LogP contribution < -0.4 is 10.6 Å². The largest absolute Gasteiger partial charge is 0.442 e. The third kappa shape index (κ3) is 3.70. The lowest BCUT2D eigenvalue weighted by molar-refractivity contribution is -0.195. The molecule has 23 heavy (non-hydrogen) atoms. The lowest BCUT2D eigenvalue weighted by Crippen LogP contribution is -2.45. The number of alkyl halides is 4. The molecule has 1 atom stereocenters. The van der Waals surface area contributed by atoms with E-state index in [1.54, 1.807) is 5.32 Å². The maximum atomic E-state index is 13.6. The van der Waals surface area contributed by atoms with Gasteiger partial charge in [-0.25, -0.2) is 9.18 Å². The number of aliphatic imine (C=N–C) groups is 1. The van der Waals surface area contributed by atoms with Crippen molar-refractivity contribution in [2.45, 2.75) is 11.2 Å².